The van der Waals surface area contributed by atoms with Crippen molar-refractivity contribution in [3.05, 3.63) is 57.1 Å². The Morgan fingerprint density at radius 2 is 1.72 bits per heavy atom. The largest absolute Gasteiger partial charge is 0.368 e. The Morgan fingerprint density at radius 1 is 1.07 bits per heavy atom. The molecular weight excluding hydrogens is 413 g/mol. The van der Waals surface area contributed by atoms with Crippen LogP contribution in [0.5, 0.6) is 0 Å². The van der Waals surface area contributed by atoms with Gasteiger partial charge >= 0.3 is 0 Å². The normalized spacial score (nSPS) is 14.5. The molecule has 29 heavy (non-hydrogen) atoms. The first-order valence-electron chi connectivity index (χ1n) is 9.34. The lowest BCUT2D eigenvalue weighted by Crippen LogP contribution is -2.48. The Morgan fingerprint density at radius 3 is 2.31 bits per heavy atom. The number of nitrogens with zero attached hydrogens (tertiary/aromatic N) is 5. The first-order valence-corrected chi connectivity index (χ1v) is 10.5. The molecule has 6 nitrogen and oxygen atoms in total. The molecule has 0 saturated carbocycles. The molecule has 1 saturated heterocycles. The van der Waals surface area contributed by atoms with Crippen LogP contribution in [0.4, 0.5) is 10.1 Å². The number of anilines is 1. The minimum atomic E-state index is -0.247. The van der Waals surface area contributed by atoms with Gasteiger partial charge in [0.2, 0.25) is 5.13 Å². The molecule has 9 heteroatoms. The van der Waals surface area contributed by atoms with Crippen molar-refractivity contribution in [1.82, 2.24) is 19.7 Å². The Kier molecular flexibility index (Phi) is 5.31. The highest BCUT2D eigenvalue weighted by Crippen LogP contribution is 2.28. The van der Waals surface area contributed by atoms with E-state index in [2.05, 4.69) is 15.0 Å². The number of carbonyl (C=O) groups excluding carboxylic acids is 1. The Hall–Kier alpha value is -2.45. The van der Waals surface area contributed by atoms with E-state index in [0.717, 1.165) is 17.1 Å². The number of aryl methyl sites for hydroxylation is 2. The van der Waals surface area contributed by atoms with E-state index >= 15 is 0 Å². The van der Waals surface area contributed by atoms with Crippen molar-refractivity contribution in [2.45, 2.75) is 20.8 Å². The summed E-state index contributed by atoms with van der Waals surface area (Å²) in [4.78, 5) is 22.3. The third-order valence-corrected chi connectivity index (χ3v) is 6.79. The lowest BCUT2D eigenvalue weighted by atomic mass is 10.2. The number of rotatable bonds is 3. The first-order chi connectivity index (χ1) is 13.8. The van der Waals surface area contributed by atoms with Crippen LogP contribution >= 0.6 is 22.9 Å². The molecule has 0 radical (unpaired) electrons. The fraction of sp³-hybridized carbons (Fsp3) is 0.350. The number of hydrogen-bond acceptors (Lipinski definition) is 5. The number of piperazine rings is 1. The molecule has 0 N–H and O–H groups in total. The number of aromatic nitrogens is 3. The van der Waals surface area contributed by atoms with Crippen LogP contribution in [0.3, 0.4) is 0 Å². The molecular formula is C20H21ClFN5OS. The molecule has 1 aliphatic heterocycles. The molecule has 1 aromatic carbocycles. The maximum Gasteiger partial charge on any atom is 0.266 e. The molecule has 3 heterocycles. The summed E-state index contributed by atoms with van der Waals surface area (Å²) in [5.41, 5.74) is 3.21. The highest BCUT2D eigenvalue weighted by Gasteiger charge is 2.26. The fourth-order valence-electron chi connectivity index (χ4n) is 3.44. The maximum atomic E-state index is 13.1. The average molecular weight is 434 g/mol. The molecule has 0 atom stereocenters. The van der Waals surface area contributed by atoms with Crippen molar-refractivity contribution in [1.29, 1.82) is 0 Å². The van der Waals surface area contributed by atoms with Gasteiger partial charge in [0.1, 0.15) is 10.7 Å². The molecule has 1 amide bonds. The topological polar surface area (TPSA) is 54.3 Å². The third kappa shape index (κ3) is 3.74. The van der Waals surface area contributed by atoms with Crippen molar-refractivity contribution in [2.24, 2.45) is 0 Å². The van der Waals surface area contributed by atoms with Crippen LogP contribution < -0.4 is 4.90 Å². The van der Waals surface area contributed by atoms with Crippen molar-refractivity contribution in [3.8, 4) is 5.13 Å². The van der Waals surface area contributed by atoms with Crippen LogP contribution in [-0.2, 0) is 0 Å². The number of thiazole rings is 1. The first kappa shape index (κ1) is 19.8. The van der Waals surface area contributed by atoms with E-state index in [0.29, 0.717) is 46.9 Å². The number of halogens is 2. The van der Waals surface area contributed by atoms with Gasteiger partial charge in [0.25, 0.3) is 5.91 Å². The summed E-state index contributed by atoms with van der Waals surface area (Å²) in [5, 5.41) is 5.69. The quantitative estimate of drug-likeness (QED) is 0.626. The molecule has 4 rings (SSSR count). The number of amides is 1. The summed E-state index contributed by atoms with van der Waals surface area (Å²) in [6, 6.07) is 6.46. The summed E-state index contributed by atoms with van der Waals surface area (Å²) >= 11 is 7.58. The van der Waals surface area contributed by atoms with Gasteiger partial charge in [0.15, 0.2) is 0 Å². The van der Waals surface area contributed by atoms with Gasteiger partial charge in [-0.05, 0) is 45.0 Å². The lowest BCUT2D eigenvalue weighted by Gasteiger charge is -2.36. The Labute approximate surface area is 177 Å². The van der Waals surface area contributed by atoms with Gasteiger partial charge in [-0.3, -0.25) is 4.79 Å². The van der Waals surface area contributed by atoms with E-state index in [1.807, 2.05) is 25.7 Å². The monoisotopic (exact) mass is 433 g/mol. The Balaban J connectivity index is 1.48. The average Bonchev–Trinajstić information content (AvgIpc) is 3.23. The van der Waals surface area contributed by atoms with Gasteiger partial charge in [-0.15, -0.1) is 0 Å². The van der Waals surface area contributed by atoms with Crippen LogP contribution in [0.25, 0.3) is 5.13 Å². The van der Waals surface area contributed by atoms with Crippen LogP contribution in [0, 0.1) is 26.6 Å². The standard InChI is InChI=1S/C20H21ClFN5OS/c1-12-17(21)14(3)27(24-12)20-23-13(2)18(29-20)19(28)26-10-8-25(9-11-26)16-6-4-15(22)5-7-16/h4-7H,8-11H2,1-3H3. The molecule has 1 fully saturated rings. The SMILES string of the molecule is Cc1nc(-n2nc(C)c(Cl)c2C)sc1C(=O)N1CCN(c2ccc(F)cc2)CC1. The van der Waals surface area contributed by atoms with E-state index < -0.39 is 0 Å². The number of carbonyl (C=O) groups is 1. The van der Waals surface area contributed by atoms with Gasteiger partial charge in [-0.25, -0.2) is 14.1 Å². The predicted octanol–water partition coefficient (Wildman–Crippen LogP) is 4.01. The smallest absolute Gasteiger partial charge is 0.266 e. The van der Waals surface area contributed by atoms with Gasteiger partial charge in [0, 0.05) is 31.9 Å². The maximum absolute atomic E-state index is 13.1. The van der Waals surface area contributed by atoms with Crippen molar-refractivity contribution >= 4 is 34.5 Å². The molecule has 0 bridgehead atoms. The van der Waals surface area contributed by atoms with Gasteiger partial charge < -0.3 is 9.80 Å². The zero-order chi connectivity index (χ0) is 20.7. The minimum absolute atomic E-state index is 0.0161. The van der Waals surface area contributed by atoms with Crippen molar-refractivity contribution < 1.29 is 9.18 Å². The minimum Gasteiger partial charge on any atom is -0.368 e. The predicted molar refractivity (Wildman–Crippen MR) is 113 cm³/mol. The second kappa shape index (κ2) is 7.76. The van der Waals surface area contributed by atoms with E-state index in [9.17, 15) is 9.18 Å². The van der Waals surface area contributed by atoms with Crippen molar-refractivity contribution in [2.75, 3.05) is 31.1 Å². The van der Waals surface area contributed by atoms with E-state index in [4.69, 9.17) is 11.6 Å². The Bertz CT molecular complexity index is 1050. The van der Waals surface area contributed by atoms with Gasteiger partial charge in [-0.2, -0.15) is 5.10 Å². The highest BCUT2D eigenvalue weighted by atomic mass is 35.5. The van der Waals surface area contributed by atoms with Crippen LogP contribution in [0.1, 0.15) is 26.8 Å². The summed E-state index contributed by atoms with van der Waals surface area (Å²) in [7, 11) is 0. The second-order valence-electron chi connectivity index (χ2n) is 7.06. The summed E-state index contributed by atoms with van der Waals surface area (Å²) in [6.07, 6.45) is 0. The molecule has 152 valence electrons. The highest BCUT2D eigenvalue weighted by molar-refractivity contribution is 7.16. The number of hydrogen-bond donors (Lipinski definition) is 0. The number of benzene rings is 1. The summed E-state index contributed by atoms with van der Waals surface area (Å²) in [5.74, 6) is -0.263. The van der Waals surface area contributed by atoms with Crippen LogP contribution in [0.15, 0.2) is 24.3 Å². The molecule has 0 unspecified atom stereocenters. The van der Waals surface area contributed by atoms with Crippen molar-refractivity contribution in [3.63, 3.8) is 0 Å². The van der Waals surface area contributed by atoms with E-state index in [1.165, 1.54) is 23.5 Å². The third-order valence-electron chi connectivity index (χ3n) is 5.12. The molecule has 2 aromatic heterocycles. The fourth-order valence-corrected chi connectivity index (χ4v) is 4.60. The molecule has 1 aliphatic rings. The van der Waals surface area contributed by atoms with Crippen LogP contribution in [-0.4, -0.2) is 51.8 Å². The zero-order valence-electron chi connectivity index (χ0n) is 16.4. The lowest BCUT2D eigenvalue weighted by molar-refractivity contribution is 0.0750. The van der Waals surface area contributed by atoms with Gasteiger partial charge in [-0.1, -0.05) is 22.9 Å². The molecule has 0 aliphatic carbocycles. The second-order valence-corrected chi connectivity index (χ2v) is 8.42. The van der Waals surface area contributed by atoms with Gasteiger partial charge in [0.05, 0.1) is 22.1 Å². The van der Waals surface area contributed by atoms with Crippen LogP contribution in [0.2, 0.25) is 5.02 Å². The summed E-state index contributed by atoms with van der Waals surface area (Å²) < 4.78 is 14.8. The van der Waals surface area contributed by atoms with E-state index in [1.54, 1.807) is 16.8 Å². The zero-order valence-corrected chi connectivity index (χ0v) is 18.0. The molecule has 3 aromatic rings. The van der Waals surface area contributed by atoms with E-state index in [-0.39, 0.29) is 11.7 Å². The summed E-state index contributed by atoms with van der Waals surface area (Å²) in [6.45, 7) is 8.19. The molecule has 0 spiro atoms.